The molecule has 2 N–H and O–H groups in total. The summed E-state index contributed by atoms with van der Waals surface area (Å²) in [4.78, 5) is 5.24. The largest absolute Gasteiger partial charge is 0.372 e. The van der Waals surface area contributed by atoms with Crippen LogP contribution in [0.1, 0.15) is 22.6 Å². The van der Waals surface area contributed by atoms with Crippen molar-refractivity contribution in [3.05, 3.63) is 21.9 Å². The molecule has 16 heavy (non-hydrogen) atoms. The van der Waals surface area contributed by atoms with E-state index in [-0.39, 0.29) is 0 Å². The molecule has 2 saturated heterocycles. The van der Waals surface area contributed by atoms with Crippen LogP contribution < -0.4 is 5.73 Å². The Morgan fingerprint density at radius 2 is 1.94 bits per heavy atom. The summed E-state index contributed by atoms with van der Waals surface area (Å²) < 4.78 is 5.83. The zero-order valence-electron chi connectivity index (χ0n) is 9.39. The minimum atomic E-state index is 0.493. The highest BCUT2D eigenvalue weighted by molar-refractivity contribution is 7.11. The second-order valence-corrected chi connectivity index (χ2v) is 5.98. The average molecular weight is 238 g/mol. The molecular weight excluding hydrogens is 220 g/mol. The minimum Gasteiger partial charge on any atom is -0.372 e. The van der Waals surface area contributed by atoms with Crippen LogP contribution in [-0.4, -0.2) is 30.2 Å². The molecule has 2 atom stereocenters. The first kappa shape index (κ1) is 10.7. The van der Waals surface area contributed by atoms with Gasteiger partial charge in [-0.1, -0.05) is 0 Å². The highest BCUT2D eigenvalue weighted by Gasteiger charge is 2.33. The third-order valence-corrected chi connectivity index (χ3v) is 4.51. The van der Waals surface area contributed by atoms with Gasteiger partial charge in [-0.25, -0.2) is 0 Å². The standard InChI is InChI=1S/C12H18N2OS/c13-5-11-3-4-12(16-11)8-14-6-9-1-2-10(7-14)15-9/h3-4,9-10H,1-2,5-8,13H2. The summed E-state index contributed by atoms with van der Waals surface area (Å²) in [5.74, 6) is 0. The molecular formula is C12H18N2OS. The smallest absolute Gasteiger partial charge is 0.0707 e. The molecule has 1 aromatic heterocycles. The number of rotatable bonds is 3. The molecule has 88 valence electrons. The van der Waals surface area contributed by atoms with Crippen LogP contribution in [0.25, 0.3) is 0 Å². The topological polar surface area (TPSA) is 38.5 Å². The van der Waals surface area contributed by atoms with E-state index in [2.05, 4.69) is 17.0 Å². The van der Waals surface area contributed by atoms with Crippen molar-refractivity contribution < 1.29 is 4.74 Å². The van der Waals surface area contributed by atoms with Gasteiger partial charge in [0.2, 0.25) is 0 Å². The highest BCUT2D eigenvalue weighted by Crippen LogP contribution is 2.28. The lowest BCUT2D eigenvalue weighted by atomic mass is 10.2. The van der Waals surface area contributed by atoms with Gasteiger partial charge in [0.1, 0.15) is 0 Å². The Bertz CT molecular complexity index is 354. The predicted molar refractivity (Wildman–Crippen MR) is 65.4 cm³/mol. The zero-order valence-corrected chi connectivity index (χ0v) is 10.2. The quantitative estimate of drug-likeness (QED) is 0.868. The number of nitrogens with zero attached hydrogens (tertiary/aromatic N) is 1. The van der Waals surface area contributed by atoms with Gasteiger partial charge in [-0.3, -0.25) is 4.90 Å². The maximum Gasteiger partial charge on any atom is 0.0707 e. The summed E-state index contributed by atoms with van der Waals surface area (Å²) in [6.45, 7) is 3.94. The number of fused-ring (bicyclic) bond motifs is 2. The van der Waals surface area contributed by atoms with E-state index in [1.807, 2.05) is 11.3 Å². The molecule has 3 nitrogen and oxygen atoms in total. The number of hydrogen-bond donors (Lipinski definition) is 1. The van der Waals surface area contributed by atoms with Crippen molar-refractivity contribution in [1.82, 2.24) is 4.90 Å². The molecule has 0 saturated carbocycles. The molecule has 0 spiro atoms. The van der Waals surface area contributed by atoms with Crippen LogP contribution in [0.3, 0.4) is 0 Å². The van der Waals surface area contributed by atoms with Gasteiger partial charge in [-0.05, 0) is 25.0 Å². The van der Waals surface area contributed by atoms with E-state index in [1.165, 1.54) is 22.6 Å². The lowest BCUT2D eigenvalue weighted by molar-refractivity contribution is -0.0407. The molecule has 0 aromatic carbocycles. The summed E-state index contributed by atoms with van der Waals surface area (Å²) in [6.07, 6.45) is 3.49. The Kier molecular flexibility index (Phi) is 2.98. The van der Waals surface area contributed by atoms with Gasteiger partial charge in [0.25, 0.3) is 0 Å². The first-order valence-electron chi connectivity index (χ1n) is 5.99. The van der Waals surface area contributed by atoms with E-state index in [1.54, 1.807) is 0 Å². The number of ether oxygens (including phenoxy) is 1. The number of hydrogen-bond acceptors (Lipinski definition) is 4. The Morgan fingerprint density at radius 3 is 2.56 bits per heavy atom. The van der Waals surface area contributed by atoms with Crippen molar-refractivity contribution in [3.8, 4) is 0 Å². The molecule has 0 aliphatic carbocycles. The Hall–Kier alpha value is -0.420. The Labute approximate surface area is 100 Å². The van der Waals surface area contributed by atoms with Crippen molar-refractivity contribution in [3.63, 3.8) is 0 Å². The van der Waals surface area contributed by atoms with Gasteiger partial charge in [-0.2, -0.15) is 0 Å². The van der Waals surface area contributed by atoms with Crippen molar-refractivity contribution >= 4 is 11.3 Å². The normalized spacial score (nSPS) is 29.8. The van der Waals surface area contributed by atoms with E-state index in [4.69, 9.17) is 10.5 Å². The highest BCUT2D eigenvalue weighted by atomic mass is 32.1. The molecule has 4 heteroatoms. The summed E-state index contributed by atoms with van der Waals surface area (Å²) in [6, 6.07) is 4.36. The number of thiophene rings is 1. The summed E-state index contributed by atoms with van der Waals surface area (Å²) in [7, 11) is 0. The fourth-order valence-corrected chi connectivity index (χ4v) is 3.61. The fourth-order valence-electron chi connectivity index (χ4n) is 2.67. The Balaban J connectivity index is 1.62. The van der Waals surface area contributed by atoms with Crippen molar-refractivity contribution in [1.29, 1.82) is 0 Å². The number of likely N-dealkylation sites (tertiary alicyclic amines) is 1. The summed E-state index contributed by atoms with van der Waals surface area (Å²) in [5, 5.41) is 0. The maximum atomic E-state index is 5.83. The van der Waals surface area contributed by atoms with Crippen LogP contribution in [0.2, 0.25) is 0 Å². The second-order valence-electron chi connectivity index (χ2n) is 4.72. The Morgan fingerprint density at radius 1 is 1.25 bits per heavy atom. The van der Waals surface area contributed by atoms with Gasteiger partial charge < -0.3 is 10.5 Å². The van der Waals surface area contributed by atoms with Crippen LogP contribution in [-0.2, 0) is 17.8 Å². The molecule has 2 bridgehead atoms. The monoisotopic (exact) mass is 238 g/mol. The molecule has 2 aliphatic rings. The molecule has 2 fully saturated rings. The third kappa shape index (κ3) is 2.15. The van der Waals surface area contributed by atoms with E-state index >= 15 is 0 Å². The van der Waals surface area contributed by atoms with Crippen LogP contribution in [0.4, 0.5) is 0 Å². The molecule has 1 aromatic rings. The van der Waals surface area contributed by atoms with E-state index in [0.717, 1.165) is 19.6 Å². The first-order valence-corrected chi connectivity index (χ1v) is 6.80. The lowest BCUT2D eigenvalue weighted by Gasteiger charge is -2.31. The summed E-state index contributed by atoms with van der Waals surface area (Å²) in [5.41, 5.74) is 5.63. The molecule has 2 aliphatic heterocycles. The van der Waals surface area contributed by atoms with E-state index < -0.39 is 0 Å². The molecule has 3 heterocycles. The van der Waals surface area contributed by atoms with Gasteiger partial charge in [0, 0.05) is 35.9 Å². The van der Waals surface area contributed by atoms with Gasteiger partial charge in [-0.15, -0.1) is 11.3 Å². The second kappa shape index (κ2) is 4.45. The third-order valence-electron chi connectivity index (χ3n) is 3.42. The molecule has 2 unspecified atom stereocenters. The van der Waals surface area contributed by atoms with Crippen LogP contribution in [0.15, 0.2) is 12.1 Å². The molecule has 3 rings (SSSR count). The van der Waals surface area contributed by atoms with Crippen molar-refractivity contribution in [2.45, 2.75) is 38.1 Å². The van der Waals surface area contributed by atoms with Crippen LogP contribution >= 0.6 is 11.3 Å². The van der Waals surface area contributed by atoms with Gasteiger partial charge in [0.05, 0.1) is 12.2 Å². The van der Waals surface area contributed by atoms with Crippen molar-refractivity contribution in [2.75, 3.05) is 13.1 Å². The van der Waals surface area contributed by atoms with Gasteiger partial charge in [0.15, 0.2) is 0 Å². The fraction of sp³-hybridized carbons (Fsp3) is 0.667. The van der Waals surface area contributed by atoms with Crippen LogP contribution in [0.5, 0.6) is 0 Å². The average Bonchev–Trinajstić information content (AvgIpc) is 2.86. The van der Waals surface area contributed by atoms with Crippen LogP contribution in [0, 0.1) is 0 Å². The summed E-state index contributed by atoms with van der Waals surface area (Å²) >= 11 is 1.84. The maximum absolute atomic E-state index is 5.83. The van der Waals surface area contributed by atoms with E-state index in [0.29, 0.717) is 18.8 Å². The molecule has 0 amide bonds. The predicted octanol–water partition coefficient (Wildman–Crippen LogP) is 1.57. The van der Waals surface area contributed by atoms with Gasteiger partial charge >= 0.3 is 0 Å². The number of nitrogens with two attached hydrogens (primary N) is 1. The van der Waals surface area contributed by atoms with E-state index in [9.17, 15) is 0 Å². The SMILES string of the molecule is NCc1ccc(CN2CC3CCC(C2)O3)s1. The minimum absolute atomic E-state index is 0.493. The molecule has 0 radical (unpaired) electrons. The zero-order chi connectivity index (χ0) is 11.0. The first-order chi connectivity index (χ1) is 7.83. The number of morpholine rings is 1. The lowest BCUT2D eigenvalue weighted by Crippen LogP contribution is -2.41. The van der Waals surface area contributed by atoms with Crippen molar-refractivity contribution in [2.24, 2.45) is 5.73 Å².